The van der Waals surface area contributed by atoms with Crippen molar-refractivity contribution in [3.05, 3.63) is 101 Å². The number of nitrogens with zero attached hydrogens (tertiary/aromatic N) is 2. The predicted octanol–water partition coefficient (Wildman–Crippen LogP) is 5.29. The van der Waals surface area contributed by atoms with Crippen molar-refractivity contribution in [2.45, 2.75) is 0 Å². The van der Waals surface area contributed by atoms with Gasteiger partial charge in [0, 0.05) is 0 Å². The molecule has 4 nitrogen and oxygen atoms in total. The van der Waals surface area contributed by atoms with Crippen molar-refractivity contribution < 1.29 is 0 Å². The van der Waals surface area contributed by atoms with E-state index in [9.17, 15) is 10.1 Å². The lowest BCUT2D eigenvalue weighted by molar-refractivity contribution is 1.13. The van der Waals surface area contributed by atoms with Gasteiger partial charge in [0.05, 0.1) is 16.5 Å². The molecule has 136 valence electrons. The Balaban J connectivity index is 1.82. The van der Waals surface area contributed by atoms with Crippen molar-refractivity contribution in [2.24, 2.45) is 0 Å². The molecule has 5 aromatic rings. The molecule has 0 aliphatic heterocycles. The normalized spacial score (nSPS) is 11.8. The maximum absolute atomic E-state index is 12.5. The van der Waals surface area contributed by atoms with Crippen LogP contribution in [0.15, 0.2) is 83.7 Å². The van der Waals surface area contributed by atoms with Crippen LogP contribution in [0.2, 0.25) is 0 Å². The number of hydrogen-bond donors (Lipinski definition) is 1. The molecule has 0 atom stereocenters. The summed E-state index contributed by atoms with van der Waals surface area (Å²) < 4.78 is 0. The van der Waals surface area contributed by atoms with Gasteiger partial charge in [0.15, 0.2) is 5.82 Å². The van der Waals surface area contributed by atoms with Crippen LogP contribution in [0.4, 0.5) is 0 Å². The Labute approximate surface area is 166 Å². The number of nitriles is 1. The smallest absolute Gasteiger partial charge is 0.259 e. The molecule has 0 saturated heterocycles. The molecule has 0 bridgehead atoms. The highest BCUT2D eigenvalue weighted by atomic mass is 16.1. The maximum Gasteiger partial charge on any atom is 0.259 e. The standard InChI is InChI=1S/C25H15N3O/c26-15-18(24-27-23-12-6-5-11-21(23)25(29)28-24)14-22-19-9-3-1-7-16(19)13-17-8-2-4-10-20(17)22/h1-14H,(H,27,28,29)/b18-14+. The number of para-hydroxylation sites is 1. The average molecular weight is 373 g/mol. The molecule has 0 amide bonds. The zero-order valence-electron chi connectivity index (χ0n) is 15.4. The third-order valence-corrected chi connectivity index (χ3v) is 5.09. The maximum atomic E-state index is 12.5. The van der Waals surface area contributed by atoms with Gasteiger partial charge >= 0.3 is 0 Å². The fourth-order valence-corrected chi connectivity index (χ4v) is 3.72. The lowest BCUT2D eigenvalue weighted by Crippen LogP contribution is -2.11. The van der Waals surface area contributed by atoms with Crippen LogP contribution in [0.5, 0.6) is 0 Å². The van der Waals surface area contributed by atoms with Crippen LogP contribution in [0.3, 0.4) is 0 Å². The Morgan fingerprint density at radius 1 is 0.862 bits per heavy atom. The van der Waals surface area contributed by atoms with Crippen molar-refractivity contribution >= 4 is 44.1 Å². The summed E-state index contributed by atoms with van der Waals surface area (Å²) >= 11 is 0. The highest BCUT2D eigenvalue weighted by Gasteiger charge is 2.11. The largest absolute Gasteiger partial charge is 0.305 e. The molecule has 1 heterocycles. The quantitative estimate of drug-likeness (QED) is 0.337. The molecule has 0 spiro atoms. The molecule has 4 heteroatoms. The summed E-state index contributed by atoms with van der Waals surface area (Å²) in [5.74, 6) is 0.271. The van der Waals surface area contributed by atoms with E-state index in [-0.39, 0.29) is 11.4 Å². The number of benzene rings is 4. The molecule has 0 saturated carbocycles. The van der Waals surface area contributed by atoms with Gasteiger partial charge < -0.3 is 4.98 Å². The van der Waals surface area contributed by atoms with Crippen LogP contribution >= 0.6 is 0 Å². The summed E-state index contributed by atoms with van der Waals surface area (Å²) in [7, 11) is 0. The monoisotopic (exact) mass is 373 g/mol. The van der Waals surface area contributed by atoms with Gasteiger partial charge in [-0.25, -0.2) is 4.98 Å². The SMILES string of the molecule is N#C/C(=C\c1c2ccccc2cc2ccccc12)c1nc2ccccc2c(=O)[nH]1. The van der Waals surface area contributed by atoms with E-state index in [2.05, 4.69) is 34.2 Å². The molecule has 4 aromatic carbocycles. The topological polar surface area (TPSA) is 69.5 Å². The van der Waals surface area contributed by atoms with E-state index in [0.29, 0.717) is 16.5 Å². The summed E-state index contributed by atoms with van der Waals surface area (Å²) in [6, 6.07) is 27.6. The van der Waals surface area contributed by atoms with Gasteiger partial charge in [0.2, 0.25) is 0 Å². The van der Waals surface area contributed by atoms with Crippen LogP contribution in [-0.4, -0.2) is 9.97 Å². The van der Waals surface area contributed by atoms with Crippen molar-refractivity contribution in [3.63, 3.8) is 0 Å². The van der Waals surface area contributed by atoms with Crippen molar-refractivity contribution in [2.75, 3.05) is 0 Å². The number of rotatable bonds is 2. The molecule has 1 aromatic heterocycles. The summed E-state index contributed by atoms with van der Waals surface area (Å²) in [4.78, 5) is 19.7. The number of fused-ring (bicyclic) bond motifs is 3. The van der Waals surface area contributed by atoms with Crippen LogP contribution in [0.1, 0.15) is 11.4 Å². The third kappa shape index (κ3) is 2.86. The first-order chi connectivity index (χ1) is 14.2. The van der Waals surface area contributed by atoms with E-state index in [0.717, 1.165) is 27.1 Å². The van der Waals surface area contributed by atoms with Gasteiger partial charge in [0.25, 0.3) is 5.56 Å². The molecular weight excluding hydrogens is 358 g/mol. The molecule has 1 N–H and O–H groups in total. The Morgan fingerprint density at radius 2 is 1.45 bits per heavy atom. The van der Waals surface area contributed by atoms with Gasteiger partial charge in [-0.3, -0.25) is 4.79 Å². The minimum absolute atomic E-state index is 0.255. The zero-order chi connectivity index (χ0) is 19.8. The second-order valence-corrected chi connectivity index (χ2v) is 6.83. The summed E-state index contributed by atoms with van der Waals surface area (Å²) in [5, 5.41) is 14.6. The summed E-state index contributed by atoms with van der Waals surface area (Å²) in [5.41, 5.74) is 1.56. The highest BCUT2D eigenvalue weighted by molar-refractivity contribution is 6.09. The van der Waals surface area contributed by atoms with Gasteiger partial charge in [-0.1, -0.05) is 60.7 Å². The third-order valence-electron chi connectivity index (χ3n) is 5.09. The van der Waals surface area contributed by atoms with E-state index in [4.69, 9.17) is 0 Å². The number of hydrogen-bond acceptors (Lipinski definition) is 3. The van der Waals surface area contributed by atoms with E-state index < -0.39 is 0 Å². The molecule has 0 aliphatic rings. The number of allylic oxidation sites excluding steroid dienone is 1. The molecular formula is C25H15N3O. The molecule has 0 radical (unpaired) electrons. The fourth-order valence-electron chi connectivity index (χ4n) is 3.72. The second-order valence-electron chi connectivity index (χ2n) is 6.83. The van der Waals surface area contributed by atoms with Crippen LogP contribution < -0.4 is 5.56 Å². The second kappa shape index (κ2) is 6.74. The molecule has 0 aliphatic carbocycles. The van der Waals surface area contributed by atoms with Crippen LogP contribution in [0.25, 0.3) is 44.1 Å². The first-order valence-corrected chi connectivity index (χ1v) is 9.26. The van der Waals surface area contributed by atoms with E-state index >= 15 is 0 Å². The summed E-state index contributed by atoms with van der Waals surface area (Å²) in [6.07, 6.45) is 1.82. The number of aromatic amines is 1. The average Bonchev–Trinajstić information content (AvgIpc) is 2.76. The minimum atomic E-state index is -0.255. The van der Waals surface area contributed by atoms with Crippen molar-refractivity contribution in [1.82, 2.24) is 9.97 Å². The summed E-state index contributed by atoms with van der Waals surface area (Å²) in [6.45, 7) is 0. The first kappa shape index (κ1) is 16.9. The Hall–Kier alpha value is -4.23. The lowest BCUT2D eigenvalue weighted by atomic mass is 9.95. The van der Waals surface area contributed by atoms with Crippen LogP contribution in [-0.2, 0) is 0 Å². The lowest BCUT2D eigenvalue weighted by Gasteiger charge is -2.09. The zero-order valence-corrected chi connectivity index (χ0v) is 15.4. The number of aromatic nitrogens is 2. The van der Waals surface area contributed by atoms with Gasteiger partial charge in [0.1, 0.15) is 6.07 Å². The molecule has 5 rings (SSSR count). The Bertz CT molecular complexity index is 1480. The van der Waals surface area contributed by atoms with E-state index in [1.807, 2.05) is 48.5 Å². The van der Waals surface area contributed by atoms with Gasteiger partial charge in [-0.05, 0) is 51.4 Å². The molecule has 0 fully saturated rings. The van der Waals surface area contributed by atoms with E-state index in [1.165, 1.54) is 0 Å². The van der Waals surface area contributed by atoms with Crippen molar-refractivity contribution in [1.29, 1.82) is 5.26 Å². The van der Waals surface area contributed by atoms with Gasteiger partial charge in [-0.2, -0.15) is 5.26 Å². The predicted molar refractivity (Wildman–Crippen MR) is 117 cm³/mol. The number of H-pyrrole nitrogens is 1. The van der Waals surface area contributed by atoms with Crippen molar-refractivity contribution in [3.8, 4) is 6.07 Å². The Morgan fingerprint density at radius 3 is 2.10 bits per heavy atom. The fraction of sp³-hybridized carbons (Fsp3) is 0. The molecule has 0 unspecified atom stereocenters. The first-order valence-electron chi connectivity index (χ1n) is 9.26. The minimum Gasteiger partial charge on any atom is -0.305 e. The molecule has 29 heavy (non-hydrogen) atoms. The Kier molecular flexibility index (Phi) is 3.93. The highest BCUT2D eigenvalue weighted by Crippen LogP contribution is 2.31. The van der Waals surface area contributed by atoms with E-state index in [1.54, 1.807) is 18.2 Å². The van der Waals surface area contributed by atoms with Crippen LogP contribution in [0, 0.1) is 11.3 Å². The number of nitrogens with one attached hydrogen (secondary N) is 1. The van der Waals surface area contributed by atoms with Gasteiger partial charge in [-0.15, -0.1) is 0 Å².